The van der Waals surface area contributed by atoms with Gasteiger partial charge in [-0.1, -0.05) is 12.1 Å². The van der Waals surface area contributed by atoms with Gasteiger partial charge in [-0.2, -0.15) is 5.10 Å². The first kappa shape index (κ1) is 15.2. The van der Waals surface area contributed by atoms with Crippen LogP contribution in [0.2, 0.25) is 0 Å². The summed E-state index contributed by atoms with van der Waals surface area (Å²) < 4.78 is 7.75. The number of hydrogen-bond donors (Lipinski definition) is 3. The summed E-state index contributed by atoms with van der Waals surface area (Å²) in [4.78, 5) is 0. The molecule has 3 heterocycles. The Morgan fingerprint density at radius 3 is 3.12 bits per heavy atom. The lowest BCUT2D eigenvalue weighted by molar-refractivity contribution is 0.313. The third kappa shape index (κ3) is 3.29. The fourth-order valence-electron chi connectivity index (χ4n) is 3.06. The van der Waals surface area contributed by atoms with Crippen LogP contribution in [0, 0.1) is 0 Å². The van der Waals surface area contributed by atoms with Crippen molar-refractivity contribution in [3.8, 4) is 16.9 Å². The fraction of sp³-hybridized carbons (Fsp3) is 0.389. The number of anilines is 1. The molecule has 2 aromatic rings. The molecule has 4 bridgehead atoms. The molecular formula is C18H23N5O. The summed E-state index contributed by atoms with van der Waals surface area (Å²) in [5.41, 5.74) is 2.19. The Hall–Kier alpha value is -2.31. The van der Waals surface area contributed by atoms with Gasteiger partial charge in [0.05, 0.1) is 12.4 Å². The van der Waals surface area contributed by atoms with Gasteiger partial charge in [-0.05, 0) is 49.7 Å². The summed E-state index contributed by atoms with van der Waals surface area (Å²) in [5, 5.41) is 15.0. The zero-order valence-electron chi connectivity index (χ0n) is 13.7. The highest BCUT2D eigenvalue weighted by molar-refractivity contribution is 5.78. The van der Waals surface area contributed by atoms with Gasteiger partial charge < -0.3 is 15.4 Å². The Morgan fingerprint density at radius 1 is 1.17 bits per heavy atom. The summed E-state index contributed by atoms with van der Waals surface area (Å²) in [7, 11) is 0. The SMILES string of the molecule is C1=Cn2ncc3c2NC1NCCCCNCCOc1cccc-3c1. The van der Waals surface area contributed by atoms with E-state index in [-0.39, 0.29) is 6.17 Å². The van der Waals surface area contributed by atoms with Gasteiger partial charge in [0.1, 0.15) is 18.2 Å². The Bertz CT molecular complexity index is 724. The van der Waals surface area contributed by atoms with Crippen molar-refractivity contribution in [2.24, 2.45) is 0 Å². The quantitative estimate of drug-likeness (QED) is 0.692. The largest absolute Gasteiger partial charge is 0.492 e. The molecule has 1 aromatic heterocycles. The molecule has 1 unspecified atom stereocenters. The van der Waals surface area contributed by atoms with Crippen LogP contribution in [0.4, 0.5) is 5.82 Å². The molecule has 0 saturated heterocycles. The fourth-order valence-corrected chi connectivity index (χ4v) is 3.06. The minimum Gasteiger partial charge on any atom is -0.492 e. The van der Waals surface area contributed by atoms with Crippen molar-refractivity contribution in [2.45, 2.75) is 19.0 Å². The van der Waals surface area contributed by atoms with E-state index in [1.54, 1.807) is 0 Å². The van der Waals surface area contributed by atoms with Crippen LogP contribution in [-0.2, 0) is 0 Å². The van der Waals surface area contributed by atoms with Gasteiger partial charge in [-0.3, -0.25) is 5.32 Å². The van der Waals surface area contributed by atoms with E-state index in [0.29, 0.717) is 6.61 Å². The second kappa shape index (κ2) is 7.07. The van der Waals surface area contributed by atoms with Gasteiger partial charge in [-0.15, -0.1) is 0 Å². The molecule has 0 saturated carbocycles. The van der Waals surface area contributed by atoms with Crippen LogP contribution in [0.15, 0.2) is 36.5 Å². The van der Waals surface area contributed by atoms with Gasteiger partial charge in [0.25, 0.3) is 0 Å². The smallest absolute Gasteiger partial charge is 0.138 e. The Balaban J connectivity index is 1.64. The molecule has 6 heteroatoms. The van der Waals surface area contributed by atoms with Crippen molar-refractivity contribution < 1.29 is 4.74 Å². The molecule has 0 radical (unpaired) electrons. The van der Waals surface area contributed by atoms with Gasteiger partial charge in [0.15, 0.2) is 0 Å². The number of ether oxygens (including phenoxy) is 1. The number of nitrogens with one attached hydrogen (secondary N) is 3. The minimum absolute atomic E-state index is 0.133. The summed E-state index contributed by atoms with van der Waals surface area (Å²) in [6, 6.07) is 8.20. The number of nitrogens with zero attached hydrogens (tertiary/aromatic N) is 2. The van der Waals surface area contributed by atoms with Gasteiger partial charge in [0.2, 0.25) is 0 Å². The van der Waals surface area contributed by atoms with Crippen molar-refractivity contribution in [1.82, 2.24) is 20.4 Å². The van der Waals surface area contributed by atoms with Crippen LogP contribution in [0.25, 0.3) is 17.3 Å². The van der Waals surface area contributed by atoms with Crippen LogP contribution in [0.3, 0.4) is 0 Å². The molecule has 1 atom stereocenters. The van der Waals surface area contributed by atoms with E-state index in [9.17, 15) is 0 Å². The average molecular weight is 325 g/mol. The second-order valence-corrected chi connectivity index (χ2v) is 6.10. The van der Waals surface area contributed by atoms with E-state index in [1.165, 1.54) is 0 Å². The highest BCUT2D eigenvalue weighted by atomic mass is 16.5. The molecule has 6 nitrogen and oxygen atoms in total. The first-order chi connectivity index (χ1) is 11.9. The number of aromatic nitrogens is 2. The van der Waals surface area contributed by atoms with Crippen LogP contribution in [0.5, 0.6) is 5.75 Å². The molecule has 4 rings (SSSR count). The molecule has 1 aromatic carbocycles. The predicted octanol–water partition coefficient (Wildman–Crippen LogP) is 2.12. The lowest BCUT2D eigenvalue weighted by atomic mass is 10.1. The molecule has 0 spiro atoms. The van der Waals surface area contributed by atoms with E-state index in [4.69, 9.17) is 4.74 Å². The molecular weight excluding hydrogens is 302 g/mol. The monoisotopic (exact) mass is 325 g/mol. The van der Waals surface area contributed by atoms with Crippen molar-refractivity contribution in [3.63, 3.8) is 0 Å². The van der Waals surface area contributed by atoms with Crippen LogP contribution < -0.4 is 20.7 Å². The number of hydrogen-bond acceptors (Lipinski definition) is 5. The van der Waals surface area contributed by atoms with Crippen LogP contribution in [0.1, 0.15) is 12.8 Å². The predicted molar refractivity (Wildman–Crippen MR) is 96.0 cm³/mol. The zero-order chi connectivity index (χ0) is 16.2. The maximum absolute atomic E-state index is 5.87. The molecule has 0 amide bonds. The molecule has 0 fully saturated rings. The third-order valence-electron chi connectivity index (χ3n) is 4.34. The highest BCUT2D eigenvalue weighted by Gasteiger charge is 2.18. The summed E-state index contributed by atoms with van der Waals surface area (Å²) >= 11 is 0. The molecule has 0 aliphatic carbocycles. The first-order valence-corrected chi connectivity index (χ1v) is 8.60. The van der Waals surface area contributed by atoms with Crippen molar-refractivity contribution in [3.05, 3.63) is 36.5 Å². The average Bonchev–Trinajstić information content (AvgIpc) is 3.03. The molecule has 2 aliphatic heterocycles. The topological polar surface area (TPSA) is 63.1 Å². The maximum Gasteiger partial charge on any atom is 0.138 e. The highest BCUT2D eigenvalue weighted by Crippen LogP contribution is 2.32. The van der Waals surface area contributed by atoms with E-state index in [0.717, 1.165) is 55.2 Å². The van der Waals surface area contributed by atoms with Crippen LogP contribution >= 0.6 is 0 Å². The van der Waals surface area contributed by atoms with Crippen molar-refractivity contribution in [1.29, 1.82) is 0 Å². The van der Waals surface area contributed by atoms with Gasteiger partial charge >= 0.3 is 0 Å². The second-order valence-electron chi connectivity index (χ2n) is 6.10. The van der Waals surface area contributed by atoms with E-state index in [1.807, 2.05) is 29.2 Å². The number of fused-ring (bicyclic) bond motifs is 4. The van der Waals surface area contributed by atoms with E-state index < -0.39 is 0 Å². The normalized spacial score (nSPS) is 20.9. The standard InChI is InChI=1S/C18H23N5O/c1-2-8-20-17-6-10-23-18(22-17)16(13-21-23)14-4-3-5-15(12-14)24-11-9-19-7-1/h3-6,10,12-13,17,19-20,22H,1-2,7-9,11H2. The van der Waals surface area contributed by atoms with Crippen LogP contribution in [-0.4, -0.2) is 42.2 Å². The lowest BCUT2D eigenvalue weighted by Gasteiger charge is -2.23. The van der Waals surface area contributed by atoms with E-state index >= 15 is 0 Å². The van der Waals surface area contributed by atoms with Crippen molar-refractivity contribution >= 4 is 12.0 Å². The lowest BCUT2D eigenvalue weighted by Crippen LogP contribution is -2.37. The van der Waals surface area contributed by atoms with Crippen molar-refractivity contribution in [2.75, 3.05) is 31.6 Å². The summed E-state index contributed by atoms with van der Waals surface area (Å²) in [6.45, 7) is 3.56. The number of benzene rings is 1. The summed E-state index contributed by atoms with van der Waals surface area (Å²) in [5.74, 6) is 1.91. The minimum atomic E-state index is 0.133. The Labute approximate surface area is 141 Å². The molecule has 126 valence electrons. The maximum atomic E-state index is 5.87. The first-order valence-electron chi connectivity index (χ1n) is 8.60. The number of rotatable bonds is 0. The van der Waals surface area contributed by atoms with E-state index in [2.05, 4.69) is 39.3 Å². The van der Waals surface area contributed by atoms with Gasteiger partial charge in [-0.25, -0.2) is 4.68 Å². The Morgan fingerprint density at radius 2 is 2.12 bits per heavy atom. The van der Waals surface area contributed by atoms with Gasteiger partial charge in [0, 0.05) is 18.3 Å². The zero-order valence-corrected chi connectivity index (χ0v) is 13.7. The molecule has 24 heavy (non-hydrogen) atoms. The Kier molecular flexibility index (Phi) is 4.49. The molecule has 2 aliphatic rings. The summed E-state index contributed by atoms with van der Waals surface area (Å²) in [6.07, 6.45) is 8.45. The third-order valence-corrected chi connectivity index (χ3v) is 4.34. The molecule has 3 N–H and O–H groups in total.